The molecule has 0 heterocycles. The van der Waals surface area contributed by atoms with Gasteiger partial charge in [-0.2, -0.15) is 0 Å². The number of ether oxygens (including phenoxy) is 2. The number of hydrogen-bond donors (Lipinski definition) is 2. The molecular weight excluding hydrogens is 614 g/mol. The molecule has 2 N–H and O–H groups in total. The van der Waals surface area contributed by atoms with Crippen LogP contribution in [0.4, 0.5) is 17.1 Å². The third-order valence-corrected chi connectivity index (χ3v) is 9.81. The molecule has 0 aliphatic rings. The monoisotopic (exact) mass is 643 g/mol. The van der Waals surface area contributed by atoms with Crippen molar-refractivity contribution < 1.29 is 31.1 Å². The van der Waals surface area contributed by atoms with E-state index in [9.17, 15) is 21.6 Å². The lowest BCUT2D eigenvalue weighted by Gasteiger charge is -2.26. The predicted octanol–water partition coefficient (Wildman–Crippen LogP) is 5.61. The SMILES string of the molecule is COc1ccc(OC)c(NS(=O)(=O)c2ccc(NC(=O)CN(c3ccc(Cl)cc3C)S(=O)(=O)c3ccc(C)cc3)cc2)c1. The van der Waals surface area contributed by atoms with Crippen LogP contribution in [0.3, 0.4) is 0 Å². The molecule has 1 amide bonds. The van der Waals surface area contributed by atoms with Crippen molar-refractivity contribution in [2.45, 2.75) is 23.6 Å². The van der Waals surface area contributed by atoms with E-state index in [1.165, 1.54) is 56.7 Å². The summed E-state index contributed by atoms with van der Waals surface area (Å²) < 4.78 is 67.4. The van der Waals surface area contributed by atoms with Gasteiger partial charge in [0.1, 0.15) is 18.0 Å². The fourth-order valence-electron chi connectivity index (χ4n) is 4.18. The molecule has 0 aliphatic carbocycles. The molecule has 0 bridgehead atoms. The van der Waals surface area contributed by atoms with Crippen LogP contribution in [0, 0.1) is 13.8 Å². The fourth-order valence-corrected chi connectivity index (χ4v) is 6.96. The van der Waals surface area contributed by atoms with Gasteiger partial charge in [0.2, 0.25) is 5.91 Å². The maximum absolute atomic E-state index is 13.7. The fraction of sp³-hybridized carbons (Fsp3) is 0.167. The molecule has 0 aromatic heterocycles. The largest absolute Gasteiger partial charge is 0.497 e. The zero-order chi connectivity index (χ0) is 31.4. The molecule has 0 spiro atoms. The lowest BCUT2D eigenvalue weighted by molar-refractivity contribution is -0.114. The van der Waals surface area contributed by atoms with Gasteiger partial charge in [-0.3, -0.25) is 13.8 Å². The van der Waals surface area contributed by atoms with Crippen molar-refractivity contribution in [3.63, 3.8) is 0 Å². The number of nitrogens with zero attached hydrogens (tertiary/aromatic N) is 1. The second kappa shape index (κ2) is 12.9. The minimum Gasteiger partial charge on any atom is -0.497 e. The minimum atomic E-state index is -4.14. The van der Waals surface area contributed by atoms with Crippen molar-refractivity contribution in [3.05, 3.63) is 101 Å². The topological polar surface area (TPSA) is 131 Å². The van der Waals surface area contributed by atoms with Crippen LogP contribution in [0.15, 0.2) is 94.7 Å². The Kier molecular flexibility index (Phi) is 9.53. The zero-order valence-corrected chi connectivity index (χ0v) is 26.2. The van der Waals surface area contributed by atoms with E-state index in [1.807, 2.05) is 6.92 Å². The highest BCUT2D eigenvalue weighted by atomic mass is 35.5. The summed E-state index contributed by atoms with van der Waals surface area (Å²) in [7, 11) is -5.29. The highest BCUT2D eigenvalue weighted by Gasteiger charge is 2.28. The lowest BCUT2D eigenvalue weighted by atomic mass is 10.2. The number of nitrogens with one attached hydrogen (secondary N) is 2. The molecule has 0 unspecified atom stereocenters. The summed E-state index contributed by atoms with van der Waals surface area (Å²) in [5.41, 5.74) is 2.19. The van der Waals surface area contributed by atoms with Crippen LogP contribution in [0.1, 0.15) is 11.1 Å². The number of anilines is 3. The number of aryl methyl sites for hydroxylation is 2. The van der Waals surface area contributed by atoms with Crippen LogP contribution < -0.4 is 23.8 Å². The van der Waals surface area contributed by atoms with E-state index in [0.717, 1.165) is 9.87 Å². The number of halogens is 1. The highest BCUT2D eigenvalue weighted by Crippen LogP contribution is 2.32. The van der Waals surface area contributed by atoms with Crippen molar-refractivity contribution in [3.8, 4) is 11.5 Å². The molecule has 0 radical (unpaired) electrons. The quantitative estimate of drug-likeness (QED) is 0.217. The van der Waals surface area contributed by atoms with Gasteiger partial charge < -0.3 is 14.8 Å². The summed E-state index contributed by atoms with van der Waals surface area (Å²) in [5, 5.41) is 3.07. The Morgan fingerprint density at radius 1 is 0.814 bits per heavy atom. The maximum atomic E-state index is 13.7. The minimum absolute atomic E-state index is 0.0231. The van der Waals surface area contributed by atoms with Gasteiger partial charge in [0, 0.05) is 16.8 Å². The Morgan fingerprint density at radius 2 is 1.47 bits per heavy atom. The molecule has 4 aromatic rings. The Balaban J connectivity index is 1.56. The molecule has 43 heavy (non-hydrogen) atoms. The van der Waals surface area contributed by atoms with E-state index < -0.39 is 32.5 Å². The van der Waals surface area contributed by atoms with E-state index in [2.05, 4.69) is 10.0 Å². The van der Waals surface area contributed by atoms with Gasteiger partial charge in [-0.1, -0.05) is 29.3 Å². The van der Waals surface area contributed by atoms with Gasteiger partial charge in [0.15, 0.2) is 0 Å². The average molecular weight is 644 g/mol. The second-order valence-electron chi connectivity index (χ2n) is 9.50. The molecule has 0 aliphatic heterocycles. The van der Waals surface area contributed by atoms with Crippen LogP contribution in [0.2, 0.25) is 5.02 Å². The van der Waals surface area contributed by atoms with Crippen molar-refractivity contribution in [1.82, 2.24) is 0 Å². The zero-order valence-electron chi connectivity index (χ0n) is 23.8. The molecule has 0 saturated heterocycles. The van der Waals surface area contributed by atoms with E-state index >= 15 is 0 Å². The average Bonchev–Trinajstić information content (AvgIpc) is 2.96. The summed E-state index contributed by atoms with van der Waals surface area (Å²) in [4.78, 5) is 13.1. The summed E-state index contributed by atoms with van der Waals surface area (Å²) in [6.07, 6.45) is 0. The number of rotatable bonds is 11. The van der Waals surface area contributed by atoms with Crippen molar-refractivity contribution in [1.29, 1.82) is 0 Å². The second-order valence-corrected chi connectivity index (χ2v) is 13.5. The number of methoxy groups -OCH3 is 2. The first-order chi connectivity index (χ1) is 20.3. The van der Waals surface area contributed by atoms with Gasteiger partial charge in [0.05, 0.1) is 35.4 Å². The van der Waals surface area contributed by atoms with Gasteiger partial charge in [-0.25, -0.2) is 16.8 Å². The van der Waals surface area contributed by atoms with Crippen LogP contribution in [-0.2, 0) is 24.8 Å². The van der Waals surface area contributed by atoms with Crippen LogP contribution in [0.5, 0.6) is 11.5 Å². The Morgan fingerprint density at radius 3 is 2.07 bits per heavy atom. The number of carbonyl (C=O) groups is 1. The lowest BCUT2D eigenvalue weighted by Crippen LogP contribution is -2.38. The van der Waals surface area contributed by atoms with Crippen LogP contribution >= 0.6 is 11.6 Å². The van der Waals surface area contributed by atoms with E-state index in [0.29, 0.717) is 27.8 Å². The van der Waals surface area contributed by atoms with Crippen molar-refractivity contribution in [2.75, 3.05) is 35.1 Å². The normalized spacial score (nSPS) is 11.5. The first-order valence-corrected chi connectivity index (χ1v) is 16.1. The molecular formula is C30H30ClN3O7S2. The summed E-state index contributed by atoms with van der Waals surface area (Å²) in [6, 6.07) is 21.2. The Hall–Kier alpha value is -4.26. The molecule has 0 fully saturated rings. The summed E-state index contributed by atoms with van der Waals surface area (Å²) in [6.45, 7) is 2.99. The van der Waals surface area contributed by atoms with Gasteiger partial charge in [0.25, 0.3) is 20.0 Å². The Labute approximate surface area is 256 Å². The smallest absolute Gasteiger partial charge is 0.264 e. The molecule has 13 heteroatoms. The number of carbonyl (C=O) groups excluding carboxylic acids is 1. The van der Waals surface area contributed by atoms with Gasteiger partial charge >= 0.3 is 0 Å². The molecule has 0 atom stereocenters. The van der Waals surface area contributed by atoms with E-state index in [1.54, 1.807) is 49.4 Å². The molecule has 226 valence electrons. The van der Waals surface area contributed by atoms with Gasteiger partial charge in [-0.15, -0.1) is 0 Å². The molecule has 10 nitrogen and oxygen atoms in total. The summed E-state index contributed by atoms with van der Waals surface area (Å²) >= 11 is 6.10. The van der Waals surface area contributed by atoms with Crippen LogP contribution in [0.25, 0.3) is 0 Å². The van der Waals surface area contributed by atoms with Crippen LogP contribution in [-0.4, -0.2) is 43.5 Å². The molecule has 0 saturated carbocycles. The number of amides is 1. The number of benzene rings is 4. The Bertz CT molecular complexity index is 1850. The van der Waals surface area contributed by atoms with E-state index in [4.69, 9.17) is 21.1 Å². The predicted molar refractivity (Wildman–Crippen MR) is 167 cm³/mol. The summed E-state index contributed by atoms with van der Waals surface area (Å²) in [5.74, 6) is 0.0954. The standard InChI is InChI=1S/C30H30ClN3O7S2/c1-20-5-11-26(12-6-20)43(38,39)34(28-15-7-22(31)17-21(28)2)19-30(35)32-23-8-13-25(14-9-23)42(36,37)33-27-18-24(40-3)10-16-29(27)41-4/h5-18,33H,19H2,1-4H3,(H,32,35). The molecule has 4 rings (SSSR count). The highest BCUT2D eigenvalue weighted by molar-refractivity contribution is 7.93. The molecule has 4 aromatic carbocycles. The number of sulfonamides is 2. The first kappa shape index (κ1) is 31.7. The first-order valence-electron chi connectivity index (χ1n) is 12.8. The third-order valence-electron chi connectivity index (χ3n) is 6.42. The third kappa shape index (κ3) is 7.39. The van der Waals surface area contributed by atoms with Gasteiger partial charge in [-0.05, 0) is 86.1 Å². The van der Waals surface area contributed by atoms with Crippen molar-refractivity contribution in [2.24, 2.45) is 0 Å². The maximum Gasteiger partial charge on any atom is 0.264 e. The van der Waals surface area contributed by atoms with Crippen molar-refractivity contribution >= 4 is 54.6 Å². The van der Waals surface area contributed by atoms with E-state index in [-0.39, 0.29) is 21.2 Å². The number of hydrogen-bond acceptors (Lipinski definition) is 7.